The lowest BCUT2D eigenvalue weighted by atomic mass is 9.33. The summed E-state index contributed by atoms with van der Waals surface area (Å²) >= 11 is 1.95. The molecule has 3 aliphatic rings. The molecule has 1 aliphatic carbocycles. The van der Waals surface area contributed by atoms with Gasteiger partial charge in [0, 0.05) is 43.9 Å². The van der Waals surface area contributed by atoms with Gasteiger partial charge in [0.25, 0.3) is 6.71 Å². The van der Waals surface area contributed by atoms with Crippen LogP contribution >= 0.6 is 11.3 Å². The molecule has 0 spiro atoms. The van der Waals surface area contributed by atoms with E-state index in [0.717, 1.165) is 0 Å². The van der Waals surface area contributed by atoms with E-state index in [0.29, 0.717) is 0 Å². The van der Waals surface area contributed by atoms with Gasteiger partial charge in [-0.2, -0.15) is 0 Å². The first-order chi connectivity index (χ1) is 29.1. The van der Waals surface area contributed by atoms with E-state index < -0.39 is 0 Å². The van der Waals surface area contributed by atoms with Gasteiger partial charge in [-0.1, -0.05) is 139 Å². The fourth-order valence-electron chi connectivity index (χ4n) is 11.1. The molecule has 61 heavy (non-hydrogen) atoms. The number of benzene rings is 7. The zero-order valence-corrected chi connectivity index (χ0v) is 38.2. The van der Waals surface area contributed by atoms with E-state index in [-0.39, 0.29) is 23.0 Å². The average Bonchev–Trinajstić information content (AvgIpc) is 3.61. The van der Waals surface area contributed by atoms with E-state index in [4.69, 9.17) is 0 Å². The molecule has 2 aliphatic heterocycles. The van der Waals surface area contributed by atoms with Crippen molar-refractivity contribution in [2.75, 3.05) is 9.80 Å². The minimum Gasteiger partial charge on any atom is -0.311 e. The highest BCUT2D eigenvalue weighted by Crippen LogP contribution is 2.53. The Bertz CT molecular complexity index is 3140. The van der Waals surface area contributed by atoms with Crippen LogP contribution < -0.4 is 26.2 Å². The monoisotopic (exact) mass is 810 g/mol. The molecule has 4 heteroatoms. The maximum Gasteiger partial charge on any atom is 0.252 e. The zero-order chi connectivity index (χ0) is 42.3. The van der Waals surface area contributed by atoms with Crippen molar-refractivity contribution in [3.05, 3.63) is 161 Å². The highest BCUT2D eigenvalue weighted by molar-refractivity contribution is 7.26. The summed E-state index contributed by atoms with van der Waals surface area (Å²) < 4.78 is 2.69. The van der Waals surface area contributed by atoms with Gasteiger partial charge in [-0.25, -0.2) is 0 Å². The van der Waals surface area contributed by atoms with Crippen LogP contribution in [0.25, 0.3) is 31.3 Å². The van der Waals surface area contributed by atoms with Crippen molar-refractivity contribution in [2.24, 2.45) is 0 Å². The Morgan fingerprint density at radius 1 is 0.541 bits per heavy atom. The third-order valence-electron chi connectivity index (χ3n) is 14.7. The third-order valence-corrected chi connectivity index (χ3v) is 15.9. The lowest BCUT2D eigenvalue weighted by Gasteiger charge is -2.48. The predicted molar refractivity (Wildman–Crippen MR) is 267 cm³/mol. The number of thiophene rings is 1. The lowest BCUT2D eigenvalue weighted by molar-refractivity contribution is 0.332. The van der Waals surface area contributed by atoms with Gasteiger partial charge in [0.2, 0.25) is 0 Å². The Kier molecular flexibility index (Phi) is 8.31. The first-order valence-corrected chi connectivity index (χ1v) is 23.1. The number of hydrogen-bond donors (Lipinski definition) is 0. The van der Waals surface area contributed by atoms with Crippen LogP contribution in [0.4, 0.5) is 34.1 Å². The van der Waals surface area contributed by atoms with Gasteiger partial charge in [0.15, 0.2) is 0 Å². The Morgan fingerprint density at radius 2 is 1.18 bits per heavy atom. The van der Waals surface area contributed by atoms with Crippen molar-refractivity contribution < 1.29 is 0 Å². The Labute approximate surface area is 367 Å². The second kappa shape index (κ2) is 13.2. The standard InChI is InChI=1S/C57H55BN2S/c1-34-17-11-13-19-39(34)37-30-49-52-50(31-37)60(46-21-15-12-18-35(46)2)53-44(25-24-41-40-20-14-16-22-51(40)61-54(41)53)58(52)45-32-42-43(57(9,10)28-27-56(42,7)8)33-48(45)59(49)47-26-23-38(29-36(47)3)55(4,5)6/h11-26,29-33H,27-28H2,1-10H3. The SMILES string of the molecule is Cc1ccccc1-c1cc2c3c(c1)N(c1ccccc1C)c1c(ccc4c1sc1ccccc14)B3c1cc3c(cc1N2c1ccc(C(C)(C)C)cc1C)C(C)(C)CCC3(C)C. The van der Waals surface area contributed by atoms with E-state index in [1.807, 2.05) is 11.3 Å². The van der Waals surface area contributed by atoms with Gasteiger partial charge in [-0.15, -0.1) is 11.3 Å². The summed E-state index contributed by atoms with van der Waals surface area (Å²) in [5.41, 5.74) is 22.7. The van der Waals surface area contributed by atoms with Crippen LogP contribution in [0.3, 0.4) is 0 Å². The van der Waals surface area contributed by atoms with E-state index in [2.05, 4.69) is 206 Å². The number of nitrogens with zero attached hydrogens (tertiary/aromatic N) is 2. The maximum absolute atomic E-state index is 2.67. The normalized spacial score (nSPS) is 16.1. The number of fused-ring (bicyclic) bond motifs is 9. The van der Waals surface area contributed by atoms with E-state index in [9.17, 15) is 0 Å². The topological polar surface area (TPSA) is 6.48 Å². The summed E-state index contributed by atoms with van der Waals surface area (Å²) in [5.74, 6) is 0. The van der Waals surface area contributed by atoms with Crippen LogP contribution in [0.15, 0.2) is 127 Å². The average molecular weight is 811 g/mol. The first kappa shape index (κ1) is 38.4. The maximum atomic E-state index is 2.67. The van der Waals surface area contributed by atoms with Crippen molar-refractivity contribution in [3.8, 4) is 11.1 Å². The van der Waals surface area contributed by atoms with Crippen molar-refractivity contribution >= 4 is 88.7 Å². The molecule has 302 valence electrons. The second-order valence-electron chi connectivity index (χ2n) is 20.6. The van der Waals surface area contributed by atoms with Gasteiger partial charge in [-0.3, -0.25) is 0 Å². The first-order valence-electron chi connectivity index (χ1n) is 22.3. The number of aryl methyl sites for hydroxylation is 3. The quantitative estimate of drug-likeness (QED) is 0.164. The molecule has 8 aromatic rings. The number of hydrogen-bond acceptors (Lipinski definition) is 3. The Hall–Kier alpha value is -5.58. The highest BCUT2D eigenvalue weighted by atomic mass is 32.1. The molecule has 0 bridgehead atoms. The predicted octanol–water partition coefficient (Wildman–Crippen LogP) is 14.4. The van der Waals surface area contributed by atoms with Gasteiger partial charge in [-0.05, 0) is 147 Å². The number of anilines is 6. The molecule has 7 aromatic carbocycles. The van der Waals surface area contributed by atoms with Crippen LogP contribution in [0.5, 0.6) is 0 Å². The fourth-order valence-corrected chi connectivity index (χ4v) is 12.3. The van der Waals surface area contributed by atoms with E-state index in [1.54, 1.807) is 0 Å². The summed E-state index contributed by atoms with van der Waals surface area (Å²) in [6.45, 7) is 23.8. The zero-order valence-electron chi connectivity index (χ0n) is 37.4. The Morgan fingerprint density at radius 3 is 1.89 bits per heavy atom. The molecule has 0 radical (unpaired) electrons. The number of para-hydroxylation sites is 1. The van der Waals surface area contributed by atoms with Gasteiger partial charge in [0.1, 0.15) is 0 Å². The lowest BCUT2D eigenvalue weighted by Crippen LogP contribution is -2.62. The molecule has 0 saturated heterocycles. The minimum atomic E-state index is 0.0346. The van der Waals surface area contributed by atoms with Crippen LogP contribution in [-0.4, -0.2) is 6.71 Å². The van der Waals surface area contributed by atoms with Crippen molar-refractivity contribution in [2.45, 2.75) is 98.3 Å². The molecule has 0 atom stereocenters. The molecule has 0 unspecified atom stereocenters. The van der Waals surface area contributed by atoms with Crippen LogP contribution in [0, 0.1) is 20.8 Å². The molecule has 0 N–H and O–H groups in total. The second-order valence-corrected chi connectivity index (χ2v) is 21.6. The minimum absolute atomic E-state index is 0.0346. The van der Waals surface area contributed by atoms with E-state index >= 15 is 0 Å². The number of rotatable bonds is 3. The van der Waals surface area contributed by atoms with Crippen LogP contribution in [0.1, 0.15) is 94.7 Å². The third kappa shape index (κ3) is 5.67. The molecule has 0 saturated carbocycles. The fraction of sp³-hybridized carbons (Fsp3) is 0.263. The largest absolute Gasteiger partial charge is 0.311 e. The summed E-state index contributed by atoms with van der Waals surface area (Å²) in [4.78, 5) is 5.33. The summed E-state index contributed by atoms with van der Waals surface area (Å²) in [7, 11) is 0. The summed E-state index contributed by atoms with van der Waals surface area (Å²) in [6, 6.07) is 49.5. The molecule has 11 rings (SSSR count). The van der Waals surface area contributed by atoms with Crippen molar-refractivity contribution in [3.63, 3.8) is 0 Å². The smallest absolute Gasteiger partial charge is 0.252 e. The van der Waals surface area contributed by atoms with Crippen molar-refractivity contribution in [1.82, 2.24) is 0 Å². The molecule has 2 nitrogen and oxygen atoms in total. The molecular formula is C57H55BN2S. The van der Waals surface area contributed by atoms with Crippen molar-refractivity contribution in [1.29, 1.82) is 0 Å². The Balaban J connectivity index is 1.33. The van der Waals surface area contributed by atoms with Gasteiger partial charge in [0.05, 0.1) is 10.4 Å². The summed E-state index contributed by atoms with van der Waals surface area (Å²) in [6.07, 6.45) is 2.35. The van der Waals surface area contributed by atoms with Crippen LogP contribution in [0.2, 0.25) is 0 Å². The highest BCUT2D eigenvalue weighted by Gasteiger charge is 2.47. The van der Waals surface area contributed by atoms with E-state index in [1.165, 1.54) is 128 Å². The molecular weight excluding hydrogens is 756 g/mol. The summed E-state index contributed by atoms with van der Waals surface area (Å²) in [5, 5.41) is 2.66. The molecule has 0 amide bonds. The van der Waals surface area contributed by atoms with Gasteiger partial charge < -0.3 is 9.80 Å². The molecule has 0 fully saturated rings. The molecule has 1 aromatic heterocycles. The van der Waals surface area contributed by atoms with Crippen LogP contribution in [-0.2, 0) is 16.2 Å². The molecule has 3 heterocycles. The van der Waals surface area contributed by atoms with Gasteiger partial charge >= 0.3 is 0 Å².